The zero-order valence-electron chi connectivity index (χ0n) is 17.4. The van der Waals surface area contributed by atoms with Gasteiger partial charge < -0.3 is 9.47 Å². The molecule has 0 N–H and O–H groups in total. The fourth-order valence-electron chi connectivity index (χ4n) is 3.19. The summed E-state index contributed by atoms with van der Waals surface area (Å²) in [6.07, 6.45) is 0. The van der Waals surface area contributed by atoms with E-state index in [0.29, 0.717) is 23.5 Å². The highest BCUT2D eigenvalue weighted by atomic mass is 19.1. The number of benzene rings is 2. The molecule has 0 bridgehead atoms. The molecule has 0 aliphatic rings. The smallest absolute Gasteiger partial charge is 0.342 e. The average molecular weight is 410 g/mol. The Balaban J connectivity index is 1.73. The molecule has 0 saturated carbocycles. The Bertz CT molecular complexity index is 1090. The van der Waals surface area contributed by atoms with Crippen LogP contribution in [-0.2, 0) is 11.3 Å². The third-order valence-electron chi connectivity index (χ3n) is 4.83. The number of halogens is 1. The van der Waals surface area contributed by atoms with Crippen LogP contribution in [0.25, 0.3) is 0 Å². The molecule has 0 aliphatic heterocycles. The number of esters is 1. The molecular formula is C23H23FN2O4. The Kier molecular flexibility index (Phi) is 6.30. The summed E-state index contributed by atoms with van der Waals surface area (Å²) in [5.74, 6) is -1.56. The van der Waals surface area contributed by atoms with Crippen molar-refractivity contribution < 1.29 is 23.5 Å². The first-order valence-electron chi connectivity index (χ1n) is 9.43. The Hall–Kier alpha value is -3.48. The van der Waals surface area contributed by atoms with Crippen LogP contribution in [-0.4, -0.2) is 35.2 Å². The molecule has 2 aromatic carbocycles. The number of aryl methyl sites for hydroxylation is 2. The van der Waals surface area contributed by atoms with Crippen LogP contribution in [0.15, 0.2) is 42.5 Å². The maximum atomic E-state index is 13.5. The Morgan fingerprint density at radius 3 is 2.43 bits per heavy atom. The van der Waals surface area contributed by atoms with Crippen molar-refractivity contribution in [2.24, 2.45) is 0 Å². The maximum Gasteiger partial charge on any atom is 0.342 e. The lowest BCUT2D eigenvalue weighted by Crippen LogP contribution is -2.16. The summed E-state index contributed by atoms with van der Waals surface area (Å²) in [5, 5.41) is 4.43. The second-order valence-electron chi connectivity index (χ2n) is 7.03. The van der Waals surface area contributed by atoms with Gasteiger partial charge in [0.2, 0.25) is 5.78 Å². The van der Waals surface area contributed by atoms with E-state index in [0.717, 1.165) is 17.2 Å². The minimum atomic E-state index is -0.649. The van der Waals surface area contributed by atoms with Crippen molar-refractivity contribution in [3.8, 4) is 5.75 Å². The van der Waals surface area contributed by atoms with E-state index in [1.165, 1.54) is 19.2 Å². The summed E-state index contributed by atoms with van der Waals surface area (Å²) in [6, 6.07) is 11.7. The zero-order valence-corrected chi connectivity index (χ0v) is 17.4. The Morgan fingerprint density at radius 2 is 1.77 bits per heavy atom. The Labute approximate surface area is 174 Å². The van der Waals surface area contributed by atoms with E-state index in [9.17, 15) is 14.0 Å². The molecule has 0 fully saturated rings. The van der Waals surface area contributed by atoms with Crippen LogP contribution in [0.2, 0.25) is 0 Å². The first kappa shape index (κ1) is 21.2. The summed E-state index contributed by atoms with van der Waals surface area (Å²) in [5.41, 5.74) is 3.72. The predicted octanol–water partition coefficient (Wildman–Crippen LogP) is 4.04. The van der Waals surface area contributed by atoms with E-state index in [2.05, 4.69) is 5.10 Å². The van der Waals surface area contributed by atoms with E-state index in [1.54, 1.807) is 18.5 Å². The standard InChI is InChI=1S/C23H23FN2O4/c1-14-5-7-17(8-6-14)12-26-16(3)22(15(2)25-26)23(28)30-13-20(27)19-11-18(24)9-10-21(19)29-4/h5-11H,12-13H2,1-4H3. The lowest BCUT2D eigenvalue weighted by Gasteiger charge is -2.09. The lowest BCUT2D eigenvalue weighted by molar-refractivity contribution is 0.0472. The first-order valence-corrected chi connectivity index (χ1v) is 9.43. The zero-order chi connectivity index (χ0) is 21.8. The average Bonchev–Trinajstić information content (AvgIpc) is 3.00. The molecular weight excluding hydrogens is 387 g/mol. The van der Waals surface area contributed by atoms with Crippen molar-refractivity contribution in [2.45, 2.75) is 27.3 Å². The van der Waals surface area contributed by atoms with Gasteiger partial charge in [0.25, 0.3) is 0 Å². The number of aromatic nitrogens is 2. The second kappa shape index (κ2) is 8.90. The van der Waals surface area contributed by atoms with Gasteiger partial charge in [-0.1, -0.05) is 29.8 Å². The van der Waals surface area contributed by atoms with Gasteiger partial charge in [-0.25, -0.2) is 9.18 Å². The number of methoxy groups -OCH3 is 1. The van der Waals surface area contributed by atoms with Gasteiger partial charge in [-0.15, -0.1) is 0 Å². The molecule has 3 aromatic rings. The molecule has 0 unspecified atom stereocenters. The monoisotopic (exact) mass is 410 g/mol. The van der Waals surface area contributed by atoms with Crippen LogP contribution in [0, 0.1) is 26.6 Å². The molecule has 6 nitrogen and oxygen atoms in total. The SMILES string of the molecule is COc1ccc(F)cc1C(=O)COC(=O)c1c(C)nn(Cc2ccc(C)cc2)c1C. The summed E-state index contributed by atoms with van der Waals surface area (Å²) >= 11 is 0. The van der Waals surface area contributed by atoms with Gasteiger partial charge in [-0.05, 0) is 44.5 Å². The minimum Gasteiger partial charge on any atom is -0.496 e. The predicted molar refractivity (Wildman–Crippen MR) is 110 cm³/mol. The summed E-state index contributed by atoms with van der Waals surface area (Å²) in [6.45, 7) is 5.50. The van der Waals surface area contributed by atoms with Crippen LogP contribution in [0.3, 0.4) is 0 Å². The third-order valence-corrected chi connectivity index (χ3v) is 4.83. The topological polar surface area (TPSA) is 70.4 Å². The molecule has 0 amide bonds. The third kappa shape index (κ3) is 4.56. The number of ketones is 1. The molecule has 30 heavy (non-hydrogen) atoms. The molecule has 0 radical (unpaired) electrons. The molecule has 0 spiro atoms. The van der Waals surface area contributed by atoms with Crippen molar-refractivity contribution in [3.63, 3.8) is 0 Å². The highest BCUT2D eigenvalue weighted by Crippen LogP contribution is 2.21. The number of carbonyl (C=O) groups excluding carboxylic acids is 2. The van der Waals surface area contributed by atoms with Gasteiger partial charge >= 0.3 is 5.97 Å². The van der Waals surface area contributed by atoms with Crippen LogP contribution >= 0.6 is 0 Å². The summed E-state index contributed by atoms with van der Waals surface area (Å²) in [7, 11) is 1.38. The molecule has 1 heterocycles. The van der Waals surface area contributed by atoms with Gasteiger partial charge in [0.15, 0.2) is 6.61 Å². The van der Waals surface area contributed by atoms with Crippen molar-refractivity contribution >= 4 is 11.8 Å². The maximum absolute atomic E-state index is 13.5. The number of rotatable bonds is 7. The van der Waals surface area contributed by atoms with Crippen molar-refractivity contribution in [1.29, 1.82) is 0 Å². The van der Waals surface area contributed by atoms with Crippen LogP contribution in [0.5, 0.6) is 5.75 Å². The molecule has 0 saturated heterocycles. The van der Waals surface area contributed by atoms with E-state index >= 15 is 0 Å². The fourth-order valence-corrected chi connectivity index (χ4v) is 3.19. The first-order chi connectivity index (χ1) is 14.3. The molecule has 7 heteroatoms. The van der Waals surface area contributed by atoms with E-state index in [1.807, 2.05) is 31.2 Å². The lowest BCUT2D eigenvalue weighted by atomic mass is 10.1. The van der Waals surface area contributed by atoms with E-state index < -0.39 is 24.2 Å². The van der Waals surface area contributed by atoms with Gasteiger partial charge in [0, 0.05) is 0 Å². The Morgan fingerprint density at radius 1 is 1.07 bits per heavy atom. The van der Waals surface area contributed by atoms with Crippen molar-refractivity contribution in [2.75, 3.05) is 13.7 Å². The molecule has 0 atom stereocenters. The number of ether oxygens (including phenoxy) is 2. The molecule has 156 valence electrons. The number of hydrogen-bond donors (Lipinski definition) is 0. The van der Waals surface area contributed by atoms with Crippen LogP contribution in [0.1, 0.15) is 43.2 Å². The van der Waals surface area contributed by atoms with Crippen molar-refractivity contribution in [3.05, 3.63) is 81.9 Å². The van der Waals surface area contributed by atoms with Gasteiger partial charge in [0.05, 0.1) is 30.6 Å². The van der Waals surface area contributed by atoms with E-state index in [-0.39, 0.29) is 11.3 Å². The normalized spacial score (nSPS) is 10.7. The van der Waals surface area contributed by atoms with E-state index in [4.69, 9.17) is 9.47 Å². The quantitative estimate of drug-likeness (QED) is 0.434. The van der Waals surface area contributed by atoms with Gasteiger partial charge in [0.1, 0.15) is 17.1 Å². The number of carbonyl (C=O) groups is 2. The number of hydrogen-bond acceptors (Lipinski definition) is 5. The van der Waals surface area contributed by atoms with Crippen molar-refractivity contribution in [1.82, 2.24) is 9.78 Å². The number of nitrogens with zero attached hydrogens (tertiary/aromatic N) is 2. The van der Waals surface area contributed by atoms with Crippen LogP contribution < -0.4 is 4.74 Å². The molecule has 0 aliphatic carbocycles. The highest BCUT2D eigenvalue weighted by Gasteiger charge is 2.22. The second-order valence-corrected chi connectivity index (χ2v) is 7.03. The largest absolute Gasteiger partial charge is 0.496 e. The fraction of sp³-hybridized carbons (Fsp3) is 0.261. The minimum absolute atomic E-state index is 0.0220. The van der Waals surface area contributed by atoms with Gasteiger partial charge in [-0.2, -0.15) is 5.10 Å². The summed E-state index contributed by atoms with van der Waals surface area (Å²) in [4.78, 5) is 25.0. The highest BCUT2D eigenvalue weighted by molar-refractivity contribution is 6.01. The molecule has 1 aromatic heterocycles. The number of Topliss-reactive ketones (excluding diaryl/α,β-unsaturated/α-hetero) is 1. The molecule has 3 rings (SSSR count). The van der Waals surface area contributed by atoms with Crippen LogP contribution in [0.4, 0.5) is 4.39 Å². The van der Waals surface area contributed by atoms with Gasteiger partial charge in [-0.3, -0.25) is 9.48 Å². The summed E-state index contributed by atoms with van der Waals surface area (Å²) < 4.78 is 25.5.